The number of ether oxygens (including phenoxy) is 3. The molecule has 82 valence electrons. The van der Waals surface area contributed by atoms with Crippen molar-refractivity contribution in [1.82, 2.24) is 0 Å². The van der Waals surface area contributed by atoms with Gasteiger partial charge in [0.2, 0.25) is 0 Å². The maximum atomic E-state index is 11.2. The van der Waals surface area contributed by atoms with Gasteiger partial charge in [-0.25, -0.2) is 4.79 Å². The Morgan fingerprint density at radius 1 is 1.57 bits per heavy atom. The lowest BCUT2D eigenvalue weighted by Gasteiger charge is -2.25. The monoisotopic (exact) mass is 202 g/mol. The van der Waals surface area contributed by atoms with Gasteiger partial charge in [-0.1, -0.05) is 6.92 Å². The van der Waals surface area contributed by atoms with E-state index in [-0.39, 0.29) is 12.3 Å². The molecule has 2 atom stereocenters. The van der Waals surface area contributed by atoms with E-state index in [1.807, 2.05) is 6.92 Å². The van der Waals surface area contributed by atoms with E-state index in [1.165, 1.54) is 7.11 Å². The summed E-state index contributed by atoms with van der Waals surface area (Å²) in [6, 6.07) is 0. The van der Waals surface area contributed by atoms with E-state index >= 15 is 0 Å². The molecule has 0 aromatic heterocycles. The molecule has 14 heavy (non-hydrogen) atoms. The van der Waals surface area contributed by atoms with Crippen molar-refractivity contribution in [2.24, 2.45) is 0 Å². The van der Waals surface area contributed by atoms with E-state index in [4.69, 9.17) is 9.47 Å². The summed E-state index contributed by atoms with van der Waals surface area (Å²) in [5.74, 6) is -0.318. The zero-order valence-corrected chi connectivity index (χ0v) is 8.82. The summed E-state index contributed by atoms with van der Waals surface area (Å²) in [6.07, 6.45) is 2.95. The predicted octanol–water partition coefficient (Wildman–Crippen LogP) is 1.48. The Morgan fingerprint density at radius 2 is 2.36 bits per heavy atom. The Hall–Kier alpha value is -0.610. The van der Waals surface area contributed by atoms with Crippen LogP contribution in [0, 0.1) is 0 Å². The van der Waals surface area contributed by atoms with Crippen molar-refractivity contribution in [3.8, 4) is 0 Å². The summed E-state index contributed by atoms with van der Waals surface area (Å²) >= 11 is 0. The fourth-order valence-electron chi connectivity index (χ4n) is 1.45. The van der Waals surface area contributed by atoms with Crippen LogP contribution in [0.3, 0.4) is 0 Å². The molecule has 0 unspecified atom stereocenters. The number of carbonyl (C=O) groups excluding carboxylic acids is 1. The summed E-state index contributed by atoms with van der Waals surface area (Å²) in [5, 5.41) is 0. The Kier molecular flexibility index (Phi) is 4.90. The second-order valence-corrected chi connectivity index (χ2v) is 3.35. The molecule has 0 amide bonds. The van der Waals surface area contributed by atoms with Gasteiger partial charge in [-0.05, 0) is 25.7 Å². The smallest absolute Gasteiger partial charge is 0.335 e. The summed E-state index contributed by atoms with van der Waals surface area (Å²) in [6.45, 7) is 2.62. The topological polar surface area (TPSA) is 44.8 Å². The van der Waals surface area contributed by atoms with Crippen molar-refractivity contribution in [3.05, 3.63) is 0 Å². The molecule has 1 aliphatic heterocycles. The third-order valence-corrected chi connectivity index (χ3v) is 2.29. The number of esters is 1. The van der Waals surface area contributed by atoms with E-state index in [1.54, 1.807) is 0 Å². The molecule has 0 saturated carbocycles. The molecule has 1 saturated heterocycles. The SMILES string of the molecule is CC[C@H](O[C@@H]1CCCCO1)C(=O)OC. The van der Waals surface area contributed by atoms with Crippen LogP contribution >= 0.6 is 0 Å². The van der Waals surface area contributed by atoms with Gasteiger partial charge in [-0.3, -0.25) is 0 Å². The van der Waals surface area contributed by atoms with Crippen LogP contribution in [0.2, 0.25) is 0 Å². The highest BCUT2D eigenvalue weighted by Gasteiger charge is 2.24. The van der Waals surface area contributed by atoms with Gasteiger partial charge < -0.3 is 14.2 Å². The highest BCUT2D eigenvalue weighted by Crippen LogP contribution is 2.16. The molecule has 0 aromatic carbocycles. The van der Waals surface area contributed by atoms with Gasteiger partial charge in [0.25, 0.3) is 0 Å². The normalized spacial score (nSPS) is 24.3. The van der Waals surface area contributed by atoms with E-state index in [0.717, 1.165) is 25.9 Å². The number of rotatable bonds is 4. The number of carbonyl (C=O) groups is 1. The van der Waals surface area contributed by atoms with Gasteiger partial charge >= 0.3 is 5.97 Å². The maximum Gasteiger partial charge on any atom is 0.335 e. The van der Waals surface area contributed by atoms with Gasteiger partial charge in [-0.2, -0.15) is 0 Å². The van der Waals surface area contributed by atoms with E-state index < -0.39 is 6.10 Å². The molecule has 0 N–H and O–H groups in total. The first-order chi connectivity index (χ1) is 6.77. The molecule has 0 spiro atoms. The molecular weight excluding hydrogens is 184 g/mol. The van der Waals surface area contributed by atoms with Gasteiger partial charge in [-0.15, -0.1) is 0 Å². The number of hydrogen-bond donors (Lipinski definition) is 0. The number of methoxy groups -OCH3 is 1. The van der Waals surface area contributed by atoms with Crippen molar-refractivity contribution in [2.45, 2.75) is 45.0 Å². The lowest BCUT2D eigenvalue weighted by molar-refractivity contribution is -0.202. The minimum absolute atomic E-state index is 0.229. The van der Waals surface area contributed by atoms with Gasteiger partial charge in [0.05, 0.1) is 7.11 Å². The molecule has 4 nitrogen and oxygen atoms in total. The Morgan fingerprint density at radius 3 is 2.86 bits per heavy atom. The minimum atomic E-state index is -0.483. The zero-order chi connectivity index (χ0) is 10.4. The third-order valence-electron chi connectivity index (χ3n) is 2.29. The van der Waals surface area contributed by atoms with Gasteiger partial charge in [0, 0.05) is 6.61 Å². The first-order valence-corrected chi connectivity index (χ1v) is 5.12. The summed E-state index contributed by atoms with van der Waals surface area (Å²) in [7, 11) is 1.37. The third kappa shape index (κ3) is 3.27. The second-order valence-electron chi connectivity index (χ2n) is 3.35. The molecule has 4 heteroatoms. The molecule has 1 rings (SSSR count). The average Bonchev–Trinajstić information content (AvgIpc) is 2.26. The van der Waals surface area contributed by atoms with Crippen LogP contribution in [0.25, 0.3) is 0 Å². The fraction of sp³-hybridized carbons (Fsp3) is 0.900. The Balaban J connectivity index is 2.34. The van der Waals surface area contributed by atoms with Crippen LogP contribution in [0.15, 0.2) is 0 Å². The first kappa shape index (κ1) is 11.5. The second kappa shape index (κ2) is 5.98. The van der Waals surface area contributed by atoms with E-state index in [0.29, 0.717) is 6.42 Å². The Labute approximate surface area is 84.5 Å². The molecule has 0 bridgehead atoms. The molecular formula is C10H18O4. The predicted molar refractivity (Wildman–Crippen MR) is 50.8 cm³/mol. The van der Waals surface area contributed by atoms with Crippen LogP contribution in [0.5, 0.6) is 0 Å². The quantitative estimate of drug-likeness (QED) is 0.648. The molecule has 1 heterocycles. The zero-order valence-electron chi connectivity index (χ0n) is 8.82. The summed E-state index contributed by atoms with van der Waals surface area (Å²) < 4.78 is 15.5. The van der Waals surface area contributed by atoms with E-state index in [2.05, 4.69) is 4.74 Å². The van der Waals surface area contributed by atoms with Gasteiger partial charge in [0.1, 0.15) is 0 Å². The van der Waals surface area contributed by atoms with E-state index in [9.17, 15) is 4.79 Å². The van der Waals surface area contributed by atoms with Crippen molar-refractivity contribution < 1.29 is 19.0 Å². The number of hydrogen-bond acceptors (Lipinski definition) is 4. The minimum Gasteiger partial charge on any atom is -0.467 e. The van der Waals surface area contributed by atoms with Crippen LogP contribution in [-0.2, 0) is 19.0 Å². The fourth-order valence-corrected chi connectivity index (χ4v) is 1.45. The molecule has 0 aromatic rings. The summed E-state index contributed by atoms with van der Waals surface area (Å²) in [5.41, 5.74) is 0. The molecule has 0 radical (unpaired) electrons. The van der Waals surface area contributed by atoms with Crippen molar-refractivity contribution in [3.63, 3.8) is 0 Å². The van der Waals surface area contributed by atoms with Crippen LogP contribution < -0.4 is 0 Å². The van der Waals surface area contributed by atoms with Gasteiger partial charge in [0.15, 0.2) is 12.4 Å². The van der Waals surface area contributed by atoms with Crippen molar-refractivity contribution in [1.29, 1.82) is 0 Å². The van der Waals surface area contributed by atoms with Crippen LogP contribution in [-0.4, -0.2) is 32.1 Å². The molecule has 0 aliphatic carbocycles. The maximum absolute atomic E-state index is 11.2. The highest BCUT2D eigenvalue weighted by molar-refractivity contribution is 5.74. The molecule has 1 aliphatic rings. The summed E-state index contributed by atoms with van der Waals surface area (Å²) in [4.78, 5) is 11.2. The Bertz CT molecular complexity index is 175. The standard InChI is InChI=1S/C10H18O4/c1-3-8(10(11)12-2)14-9-6-4-5-7-13-9/h8-9H,3-7H2,1-2H3/t8-,9+/m0/s1. The highest BCUT2D eigenvalue weighted by atomic mass is 16.7. The van der Waals surface area contributed by atoms with Crippen LogP contribution in [0.4, 0.5) is 0 Å². The van der Waals surface area contributed by atoms with Crippen molar-refractivity contribution in [2.75, 3.05) is 13.7 Å². The van der Waals surface area contributed by atoms with Crippen molar-refractivity contribution >= 4 is 5.97 Å². The first-order valence-electron chi connectivity index (χ1n) is 5.12. The lowest BCUT2D eigenvalue weighted by atomic mass is 10.2. The molecule has 1 fully saturated rings. The lowest BCUT2D eigenvalue weighted by Crippen LogP contribution is -2.33. The average molecular weight is 202 g/mol. The largest absolute Gasteiger partial charge is 0.467 e. The van der Waals surface area contributed by atoms with Crippen LogP contribution in [0.1, 0.15) is 32.6 Å².